The van der Waals surface area contributed by atoms with Gasteiger partial charge in [0.05, 0.1) is 32.0 Å². The largest absolute Gasteiger partial charge is 0.394 e. The first-order chi connectivity index (χ1) is 39.6. The van der Waals surface area contributed by atoms with E-state index in [1.807, 2.05) is 6.08 Å². The van der Waals surface area contributed by atoms with Crippen LogP contribution in [0.3, 0.4) is 0 Å². The Hall–Kier alpha value is -3.61. The first-order valence-electron chi connectivity index (χ1n) is 31.3. The average molecular weight is 1140 g/mol. The van der Waals surface area contributed by atoms with E-state index in [1.54, 1.807) is 6.08 Å². The van der Waals surface area contributed by atoms with Crippen molar-refractivity contribution in [2.75, 3.05) is 19.8 Å². The van der Waals surface area contributed by atoms with Crippen LogP contribution in [0.2, 0.25) is 0 Å². The van der Waals surface area contributed by atoms with E-state index in [2.05, 4.69) is 129 Å². The van der Waals surface area contributed by atoms with E-state index in [1.165, 1.54) is 70.6 Å². The zero-order chi connectivity index (χ0) is 58.8. The zero-order valence-corrected chi connectivity index (χ0v) is 49.7. The van der Waals surface area contributed by atoms with Gasteiger partial charge in [-0.15, -0.1) is 0 Å². The van der Waals surface area contributed by atoms with Crippen molar-refractivity contribution in [1.29, 1.82) is 0 Å². The Morgan fingerprint density at radius 2 is 0.864 bits per heavy atom. The summed E-state index contributed by atoms with van der Waals surface area (Å²) in [4.78, 5) is 13.3. The number of carbonyl (C=O) groups excluding carboxylic acids is 1. The first kappa shape index (κ1) is 73.5. The fourth-order valence-corrected chi connectivity index (χ4v) is 9.38. The van der Waals surface area contributed by atoms with Crippen LogP contribution in [0.5, 0.6) is 0 Å². The van der Waals surface area contributed by atoms with Crippen molar-refractivity contribution < 1.29 is 64.6 Å². The van der Waals surface area contributed by atoms with Gasteiger partial charge in [0.2, 0.25) is 5.91 Å². The molecule has 2 aliphatic rings. The number of ether oxygens (including phenoxy) is 4. The van der Waals surface area contributed by atoms with E-state index in [0.717, 1.165) is 96.3 Å². The molecule has 0 spiro atoms. The van der Waals surface area contributed by atoms with Crippen molar-refractivity contribution >= 4 is 5.91 Å². The zero-order valence-electron chi connectivity index (χ0n) is 49.7. The molecule has 462 valence electrons. The van der Waals surface area contributed by atoms with Gasteiger partial charge in [0.15, 0.2) is 12.6 Å². The molecule has 0 aliphatic carbocycles. The average Bonchev–Trinajstić information content (AvgIpc) is 3.47. The molecular formula is C67H111NO13. The van der Waals surface area contributed by atoms with Gasteiger partial charge in [0.1, 0.15) is 48.8 Å². The van der Waals surface area contributed by atoms with Crippen LogP contribution in [0.4, 0.5) is 0 Å². The molecule has 0 saturated carbocycles. The Labute approximate surface area is 488 Å². The number of aliphatic hydroxyl groups is 8. The number of amides is 1. The number of hydrogen-bond acceptors (Lipinski definition) is 13. The lowest BCUT2D eigenvalue weighted by atomic mass is 9.97. The van der Waals surface area contributed by atoms with Crippen LogP contribution in [0.15, 0.2) is 122 Å². The minimum atomic E-state index is -1.80. The molecule has 1 amide bonds. The van der Waals surface area contributed by atoms with E-state index in [-0.39, 0.29) is 18.9 Å². The summed E-state index contributed by atoms with van der Waals surface area (Å²) in [5, 5.41) is 87.1. The minimum absolute atomic E-state index is 0.255. The highest BCUT2D eigenvalue weighted by Gasteiger charge is 2.51. The monoisotopic (exact) mass is 1140 g/mol. The second-order valence-electron chi connectivity index (χ2n) is 21.4. The molecule has 14 heteroatoms. The summed E-state index contributed by atoms with van der Waals surface area (Å²) in [7, 11) is 0. The number of nitrogens with one attached hydrogen (secondary N) is 1. The van der Waals surface area contributed by atoms with Crippen molar-refractivity contribution in [3.8, 4) is 0 Å². The molecule has 2 rings (SSSR count). The molecule has 12 unspecified atom stereocenters. The van der Waals surface area contributed by atoms with Gasteiger partial charge in [-0.2, -0.15) is 0 Å². The normalized spacial score (nSPS) is 25.0. The molecule has 9 N–H and O–H groups in total. The third-order valence-electron chi connectivity index (χ3n) is 14.4. The Bertz CT molecular complexity index is 1820. The third-order valence-corrected chi connectivity index (χ3v) is 14.4. The summed E-state index contributed by atoms with van der Waals surface area (Å²) in [5.41, 5.74) is 0. The topological polar surface area (TPSA) is 228 Å². The highest BCUT2D eigenvalue weighted by Crippen LogP contribution is 2.30. The van der Waals surface area contributed by atoms with E-state index >= 15 is 0 Å². The van der Waals surface area contributed by atoms with Crippen LogP contribution in [0, 0.1) is 0 Å². The molecule has 2 heterocycles. The molecule has 0 aromatic heterocycles. The van der Waals surface area contributed by atoms with Gasteiger partial charge in [-0.25, -0.2) is 0 Å². The quantitative estimate of drug-likeness (QED) is 0.0204. The maximum atomic E-state index is 13.3. The number of aliphatic hydroxyl groups excluding tert-OH is 8. The smallest absolute Gasteiger partial charge is 0.220 e. The van der Waals surface area contributed by atoms with Crippen LogP contribution in [0.25, 0.3) is 0 Å². The van der Waals surface area contributed by atoms with Crippen molar-refractivity contribution in [2.24, 2.45) is 0 Å². The van der Waals surface area contributed by atoms with Crippen molar-refractivity contribution in [3.63, 3.8) is 0 Å². The van der Waals surface area contributed by atoms with E-state index in [0.29, 0.717) is 12.8 Å². The molecule has 14 nitrogen and oxygen atoms in total. The molecule has 0 aromatic rings. The molecule has 2 aliphatic heterocycles. The summed E-state index contributed by atoms with van der Waals surface area (Å²) < 4.78 is 22.7. The first-order valence-corrected chi connectivity index (χ1v) is 31.3. The van der Waals surface area contributed by atoms with Gasteiger partial charge in [-0.05, 0) is 96.3 Å². The van der Waals surface area contributed by atoms with Crippen molar-refractivity contribution in [3.05, 3.63) is 122 Å². The van der Waals surface area contributed by atoms with Crippen molar-refractivity contribution in [2.45, 2.75) is 274 Å². The fourth-order valence-electron chi connectivity index (χ4n) is 9.38. The predicted molar refractivity (Wildman–Crippen MR) is 327 cm³/mol. The molecule has 0 radical (unpaired) electrons. The maximum absolute atomic E-state index is 13.3. The summed E-state index contributed by atoms with van der Waals surface area (Å²) >= 11 is 0. The number of unbranched alkanes of at least 4 members (excludes halogenated alkanes) is 17. The number of hydrogen-bond donors (Lipinski definition) is 9. The van der Waals surface area contributed by atoms with Gasteiger partial charge in [-0.3, -0.25) is 4.79 Å². The van der Waals surface area contributed by atoms with Gasteiger partial charge >= 0.3 is 0 Å². The Balaban J connectivity index is 1.70. The van der Waals surface area contributed by atoms with Gasteiger partial charge in [-0.1, -0.05) is 219 Å². The highest BCUT2D eigenvalue weighted by molar-refractivity contribution is 5.76. The fraction of sp³-hybridized carbons (Fsp3) is 0.687. The Morgan fingerprint density at radius 1 is 0.457 bits per heavy atom. The molecule has 0 aromatic carbocycles. The number of allylic oxidation sites excluding steroid dienone is 19. The van der Waals surface area contributed by atoms with Crippen LogP contribution in [0.1, 0.15) is 200 Å². The van der Waals surface area contributed by atoms with Gasteiger partial charge in [0, 0.05) is 6.42 Å². The summed E-state index contributed by atoms with van der Waals surface area (Å²) in [6, 6.07) is -0.944. The lowest BCUT2D eigenvalue weighted by molar-refractivity contribution is -0.359. The maximum Gasteiger partial charge on any atom is 0.220 e. The van der Waals surface area contributed by atoms with Crippen LogP contribution >= 0.6 is 0 Å². The van der Waals surface area contributed by atoms with Crippen LogP contribution < -0.4 is 5.32 Å². The lowest BCUT2D eigenvalue weighted by Crippen LogP contribution is -2.65. The summed E-state index contributed by atoms with van der Waals surface area (Å²) in [5.74, 6) is -0.264. The SMILES string of the molecule is CC/C=C\C/C=C\C/C=C\C/C=C\C/C=C\C/C=C\C/C=C\C/C=C\CCCCCCCCCCC(=O)NC(COC1OC(CO)C(OC2OC(CO)C(O)C(O)C2O)C(O)C1O)C(O)/C=C/CC/C=C/CCCCCCCCCC. The second-order valence-corrected chi connectivity index (χ2v) is 21.4. The minimum Gasteiger partial charge on any atom is -0.394 e. The molecule has 2 fully saturated rings. The lowest BCUT2D eigenvalue weighted by Gasteiger charge is -2.46. The molecular weight excluding hydrogens is 1030 g/mol. The van der Waals surface area contributed by atoms with E-state index in [9.17, 15) is 45.6 Å². The standard InChI is InChI=1S/C67H111NO13/c1-3-5-7-9-11-13-15-17-19-20-21-22-23-24-25-26-27-28-29-30-31-32-33-34-35-36-37-39-41-43-45-47-49-51-59(72)68-55(56(71)50-48-46-44-42-40-38-18-16-14-12-10-8-6-4-2)54-78-66-64(77)62(75)65(58(53-70)80-66)81-67-63(76)61(74)60(73)57(52-69)79-67/h5,7,11,13,17,19,21-22,24-25,27-28,30-31,33-34,40,42,48,50,55-58,60-67,69-71,73-77H,3-4,6,8-10,12,14-16,18,20,23,26,29,32,35-39,41,43-47,49,51-54H2,1-2H3,(H,68,72)/b7-5-,13-11-,19-17-,22-21-,25-24-,28-27-,31-30-,34-33-,42-40+,50-48+. The predicted octanol–water partition coefficient (Wildman–Crippen LogP) is 11.4. The van der Waals surface area contributed by atoms with Crippen LogP contribution in [-0.4, -0.2) is 140 Å². The van der Waals surface area contributed by atoms with E-state index < -0.39 is 86.8 Å². The third kappa shape index (κ3) is 36.0. The summed E-state index contributed by atoms with van der Waals surface area (Å²) in [6.07, 6.45) is 56.7. The second kappa shape index (κ2) is 50.9. The molecule has 2 saturated heterocycles. The van der Waals surface area contributed by atoms with Gasteiger partial charge < -0.3 is 65.1 Å². The highest BCUT2D eigenvalue weighted by atomic mass is 16.7. The Kier molecular flexibility index (Phi) is 46.1. The van der Waals surface area contributed by atoms with Crippen molar-refractivity contribution in [1.82, 2.24) is 5.32 Å². The summed E-state index contributed by atoms with van der Waals surface area (Å²) in [6.45, 7) is 2.63. The number of carbonyl (C=O) groups is 1. The molecule has 0 bridgehead atoms. The molecule has 81 heavy (non-hydrogen) atoms. The van der Waals surface area contributed by atoms with Crippen LogP contribution in [-0.2, 0) is 23.7 Å². The number of rotatable bonds is 48. The Morgan fingerprint density at radius 3 is 1.36 bits per heavy atom. The van der Waals surface area contributed by atoms with Gasteiger partial charge in [0.25, 0.3) is 0 Å². The van der Waals surface area contributed by atoms with E-state index in [4.69, 9.17) is 18.9 Å². The molecule has 12 atom stereocenters.